The molecule has 0 aromatic heterocycles. The number of rotatable bonds is 4. The maximum atomic E-state index is 12.3. The van der Waals surface area contributed by atoms with E-state index in [0.29, 0.717) is 0 Å². The molecule has 3 rings (SSSR count). The molecule has 0 saturated heterocycles. The summed E-state index contributed by atoms with van der Waals surface area (Å²) in [7, 11) is 1.56. The lowest BCUT2D eigenvalue weighted by Gasteiger charge is -2.33. The fraction of sp³-hybridized carbons (Fsp3) is 0.211. The number of carbonyl (C=O) groups is 1. The SMILES string of the molecule is CO[C@@H]1C=CC(=O)[C@](C)(c2ccc(Sc3ccccc3)cc2)O1. The Labute approximate surface area is 140 Å². The Hall–Kier alpha value is -1.88. The number of benzene rings is 2. The van der Waals surface area contributed by atoms with Crippen molar-refractivity contribution in [3.8, 4) is 0 Å². The van der Waals surface area contributed by atoms with Crippen LogP contribution in [-0.4, -0.2) is 19.2 Å². The standard InChI is InChI=1S/C19H18O3S/c1-19(17(20)12-13-18(21-2)22-19)14-8-10-16(11-9-14)23-15-6-4-3-5-7-15/h3-13,18H,1-2H3/t18-,19-/m0/s1. The zero-order valence-corrected chi connectivity index (χ0v) is 13.9. The third kappa shape index (κ3) is 3.39. The maximum absolute atomic E-state index is 12.3. The van der Waals surface area contributed by atoms with Gasteiger partial charge in [-0.1, -0.05) is 42.1 Å². The second-order valence-corrected chi connectivity index (χ2v) is 6.56. The molecule has 0 spiro atoms. The molecule has 0 unspecified atom stereocenters. The van der Waals surface area contributed by atoms with Gasteiger partial charge in [0.05, 0.1) is 0 Å². The molecule has 1 aliphatic heterocycles. The molecule has 0 fully saturated rings. The summed E-state index contributed by atoms with van der Waals surface area (Å²) in [6, 6.07) is 18.1. The average molecular weight is 326 g/mol. The molecule has 1 heterocycles. The Balaban J connectivity index is 1.81. The van der Waals surface area contributed by atoms with Crippen molar-refractivity contribution < 1.29 is 14.3 Å². The van der Waals surface area contributed by atoms with Crippen LogP contribution in [0.5, 0.6) is 0 Å². The highest BCUT2D eigenvalue weighted by Crippen LogP contribution is 2.34. The van der Waals surface area contributed by atoms with E-state index in [1.165, 1.54) is 11.0 Å². The van der Waals surface area contributed by atoms with E-state index in [0.717, 1.165) is 10.5 Å². The van der Waals surface area contributed by atoms with Gasteiger partial charge >= 0.3 is 0 Å². The number of ether oxygens (including phenoxy) is 2. The van der Waals surface area contributed by atoms with Crippen molar-refractivity contribution in [1.29, 1.82) is 0 Å². The van der Waals surface area contributed by atoms with Crippen LogP contribution in [0.25, 0.3) is 0 Å². The van der Waals surface area contributed by atoms with Crippen molar-refractivity contribution in [2.24, 2.45) is 0 Å². The number of hydrogen-bond donors (Lipinski definition) is 0. The largest absolute Gasteiger partial charge is 0.352 e. The normalized spacial score (nSPS) is 23.9. The molecule has 1 aliphatic rings. The first-order valence-electron chi connectivity index (χ1n) is 7.38. The monoisotopic (exact) mass is 326 g/mol. The van der Waals surface area contributed by atoms with Gasteiger partial charge in [-0.2, -0.15) is 0 Å². The Kier molecular flexibility index (Phi) is 4.66. The third-order valence-corrected chi connectivity index (χ3v) is 4.86. The van der Waals surface area contributed by atoms with Crippen LogP contribution < -0.4 is 0 Å². The first-order chi connectivity index (χ1) is 11.1. The van der Waals surface area contributed by atoms with Gasteiger partial charge in [-0.15, -0.1) is 0 Å². The zero-order chi connectivity index (χ0) is 16.3. The smallest absolute Gasteiger partial charge is 0.191 e. The Bertz CT molecular complexity index is 709. The van der Waals surface area contributed by atoms with Crippen molar-refractivity contribution in [2.75, 3.05) is 7.11 Å². The van der Waals surface area contributed by atoms with Crippen LogP contribution in [0, 0.1) is 0 Å². The first kappa shape index (κ1) is 16.0. The van der Waals surface area contributed by atoms with Crippen molar-refractivity contribution in [2.45, 2.75) is 28.6 Å². The van der Waals surface area contributed by atoms with E-state index in [-0.39, 0.29) is 5.78 Å². The highest BCUT2D eigenvalue weighted by Gasteiger charge is 2.39. The van der Waals surface area contributed by atoms with Crippen molar-refractivity contribution in [1.82, 2.24) is 0 Å². The molecule has 23 heavy (non-hydrogen) atoms. The fourth-order valence-corrected chi connectivity index (χ4v) is 3.29. The van der Waals surface area contributed by atoms with Crippen molar-refractivity contribution >= 4 is 17.5 Å². The molecule has 0 saturated carbocycles. The molecule has 0 bridgehead atoms. The van der Waals surface area contributed by atoms with E-state index in [2.05, 4.69) is 12.1 Å². The highest BCUT2D eigenvalue weighted by molar-refractivity contribution is 7.99. The summed E-state index contributed by atoms with van der Waals surface area (Å²) in [6.45, 7) is 1.78. The van der Waals surface area contributed by atoms with E-state index in [1.54, 1.807) is 31.9 Å². The predicted molar refractivity (Wildman–Crippen MR) is 90.4 cm³/mol. The Morgan fingerprint density at radius 3 is 2.35 bits per heavy atom. The van der Waals surface area contributed by atoms with Crippen LogP contribution in [0.2, 0.25) is 0 Å². The van der Waals surface area contributed by atoms with Gasteiger partial charge in [-0.25, -0.2) is 0 Å². The summed E-state index contributed by atoms with van der Waals surface area (Å²) < 4.78 is 11.0. The number of hydrogen-bond acceptors (Lipinski definition) is 4. The van der Waals surface area contributed by atoms with Crippen LogP contribution in [0.15, 0.2) is 76.5 Å². The summed E-state index contributed by atoms with van der Waals surface area (Å²) in [4.78, 5) is 14.6. The van der Waals surface area contributed by atoms with Gasteiger partial charge < -0.3 is 9.47 Å². The molecule has 0 radical (unpaired) electrons. The lowest BCUT2D eigenvalue weighted by atomic mass is 9.89. The maximum Gasteiger partial charge on any atom is 0.191 e. The van der Waals surface area contributed by atoms with Crippen molar-refractivity contribution in [3.63, 3.8) is 0 Å². The van der Waals surface area contributed by atoms with Gasteiger partial charge in [0.1, 0.15) is 0 Å². The number of carbonyl (C=O) groups excluding carboxylic acids is 1. The lowest BCUT2D eigenvalue weighted by Crippen LogP contribution is -2.41. The summed E-state index contributed by atoms with van der Waals surface area (Å²) in [5.74, 6) is -0.0748. The second-order valence-electron chi connectivity index (χ2n) is 5.42. The molecule has 4 heteroatoms. The summed E-state index contributed by atoms with van der Waals surface area (Å²) in [5.41, 5.74) is -0.183. The lowest BCUT2D eigenvalue weighted by molar-refractivity contribution is -0.185. The topological polar surface area (TPSA) is 35.5 Å². The van der Waals surface area contributed by atoms with Crippen LogP contribution >= 0.6 is 11.8 Å². The number of ketones is 1. The quantitative estimate of drug-likeness (QED) is 0.844. The molecule has 118 valence electrons. The van der Waals surface area contributed by atoms with Crippen LogP contribution in [-0.2, 0) is 19.9 Å². The predicted octanol–water partition coefficient (Wildman–Crippen LogP) is 4.18. The minimum Gasteiger partial charge on any atom is -0.352 e. The van der Waals surface area contributed by atoms with Crippen LogP contribution in [0.3, 0.4) is 0 Å². The molecule has 2 aromatic rings. The molecule has 0 amide bonds. The van der Waals surface area contributed by atoms with E-state index < -0.39 is 11.9 Å². The molecule has 2 atom stereocenters. The van der Waals surface area contributed by atoms with Crippen LogP contribution in [0.1, 0.15) is 12.5 Å². The van der Waals surface area contributed by atoms with Gasteiger partial charge in [-0.05, 0) is 48.9 Å². The molecule has 3 nitrogen and oxygen atoms in total. The van der Waals surface area contributed by atoms with Crippen LogP contribution in [0.4, 0.5) is 0 Å². The van der Waals surface area contributed by atoms with E-state index >= 15 is 0 Å². The van der Waals surface area contributed by atoms with Crippen molar-refractivity contribution in [3.05, 3.63) is 72.3 Å². The minimum atomic E-state index is -1.01. The van der Waals surface area contributed by atoms with Gasteiger partial charge in [0, 0.05) is 16.9 Å². The molecular weight excluding hydrogens is 308 g/mol. The highest BCUT2D eigenvalue weighted by atomic mass is 32.2. The average Bonchev–Trinajstić information content (AvgIpc) is 2.59. The van der Waals surface area contributed by atoms with Gasteiger partial charge in [0.2, 0.25) is 0 Å². The first-order valence-corrected chi connectivity index (χ1v) is 8.20. The van der Waals surface area contributed by atoms with Gasteiger partial charge in [-0.3, -0.25) is 4.79 Å². The summed E-state index contributed by atoms with van der Waals surface area (Å²) >= 11 is 1.68. The van der Waals surface area contributed by atoms with E-state index in [4.69, 9.17) is 9.47 Å². The van der Waals surface area contributed by atoms with E-state index in [1.807, 2.05) is 42.5 Å². The minimum absolute atomic E-state index is 0.0748. The molecule has 0 N–H and O–H groups in total. The summed E-state index contributed by atoms with van der Waals surface area (Å²) in [6.07, 6.45) is 2.66. The third-order valence-electron chi connectivity index (χ3n) is 3.84. The summed E-state index contributed by atoms with van der Waals surface area (Å²) in [5, 5.41) is 0. The fourth-order valence-electron chi connectivity index (χ4n) is 2.46. The second kappa shape index (κ2) is 6.71. The molecular formula is C19H18O3S. The zero-order valence-electron chi connectivity index (χ0n) is 13.1. The van der Waals surface area contributed by atoms with Gasteiger partial charge in [0.15, 0.2) is 17.7 Å². The van der Waals surface area contributed by atoms with E-state index in [9.17, 15) is 4.79 Å². The Morgan fingerprint density at radius 1 is 1.04 bits per heavy atom. The number of methoxy groups -OCH3 is 1. The molecule has 0 aliphatic carbocycles. The molecule has 2 aromatic carbocycles. The Morgan fingerprint density at radius 2 is 1.70 bits per heavy atom. The van der Waals surface area contributed by atoms with Gasteiger partial charge in [0.25, 0.3) is 0 Å².